The molecule has 2 aromatic rings. The van der Waals surface area contributed by atoms with Crippen LogP contribution in [0.3, 0.4) is 0 Å². The Bertz CT molecular complexity index is 1000. The first kappa shape index (κ1) is 20.0. The van der Waals surface area contributed by atoms with Crippen molar-refractivity contribution in [2.45, 2.75) is 31.0 Å². The van der Waals surface area contributed by atoms with Crippen LogP contribution in [-0.4, -0.2) is 44.0 Å². The van der Waals surface area contributed by atoms with Crippen LogP contribution in [0.5, 0.6) is 5.75 Å². The second-order valence-corrected chi connectivity index (χ2v) is 8.54. The van der Waals surface area contributed by atoms with Crippen LogP contribution in [0.2, 0.25) is 0 Å². The quantitative estimate of drug-likeness (QED) is 0.578. The average Bonchev–Trinajstić information content (AvgIpc) is 2.67. The van der Waals surface area contributed by atoms with E-state index in [0.717, 1.165) is 0 Å². The van der Waals surface area contributed by atoms with Gasteiger partial charge in [-0.1, -0.05) is 12.1 Å². The highest BCUT2D eigenvalue weighted by Crippen LogP contribution is 2.22. The van der Waals surface area contributed by atoms with Crippen LogP contribution < -0.4 is 4.74 Å². The predicted octanol–water partition coefficient (Wildman–Crippen LogP) is 2.58. The van der Waals surface area contributed by atoms with E-state index in [1.54, 1.807) is 18.2 Å². The fraction of sp³-hybridized carbons (Fsp3) is 0.300. The minimum Gasteiger partial charge on any atom is -0.422 e. The van der Waals surface area contributed by atoms with Crippen LogP contribution in [0.15, 0.2) is 53.4 Å². The van der Waals surface area contributed by atoms with E-state index in [2.05, 4.69) is 0 Å². The molecule has 0 radical (unpaired) electrons. The number of sulfonamides is 1. The molecule has 0 bridgehead atoms. The molecule has 28 heavy (non-hydrogen) atoms. The van der Waals surface area contributed by atoms with Crippen LogP contribution in [-0.2, 0) is 14.8 Å². The topological polar surface area (TPSA) is 96.7 Å². The van der Waals surface area contributed by atoms with Crippen LogP contribution >= 0.6 is 0 Å². The van der Waals surface area contributed by atoms with E-state index in [9.17, 15) is 13.2 Å². The van der Waals surface area contributed by atoms with Crippen molar-refractivity contribution in [3.8, 4) is 11.8 Å². The maximum Gasteiger partial charge on any atom is 0.343 e. The third kappa shape index (κ3) is 4.22. The minimum atomic E-state index is -3.68. The molecule has 146 valence electrons. The highest BCUT2D eigenvalue weighted by molar-refractivity contribution is 7.89. The molecular formula is C20H20N2O5S. The normalized spacial score (nSPS) is 20.3. The van der Waals surface area contributed by atoms with Crippen molar-refractivity contribution in [1.82, 2.24) is 4.31 Å². The number of hydrogen-bond donors (Lipinski definition) is 0. The molecule has 1 aliphatic heterocycles. The van der Waals surface area contributed by atoms with E-state index in [4.69, 9.17) is 14.7 Å². The molecule has 0 saturated carbocycles. The second kappa shape index (κ2) is 8.10. The Morgan fingerprint density at radius 2 is 1.71 bits per heavy atom. The number of carbonyl (C=O) groups excluding carboxylic acids is 1. The number of hydrogen-bond acceptors (Lipinski definition) is 6. The summed E-state index contributed by atoms with van der Waals surface area (Å²) in [6.45, 7) is 4.22. The van der Waals surface area contributed by atoms with E-state index in [-0.39, 0.29) is 47.1 Å². The van der Waals surface area contributed by atoms with Gasteiger partial charge < -0.3 is 9.47 Å². The summed E-state index contributed by atoms with van der Waals surface area (Å²) < 4.78 is 37.9. The number of ether oxygens (including phenoxy) is 2. The van der Waals surface area contributed by atoms with Crippen LogP contribution in [0.25, 0.3) is 0 Å². The van der Waals surface area contributed by atoms with Crippen LogP contribution in [0, 0.1) is 11.3 Å². The molecular weight excluding hydrogens is 380 g/mol. The number of rotatable bonds is 4. The highest BCUT2D eigenvalue weighted by atomic mass is 32.2. The Labute approximate surface area is 164 Å². The summed E-state index contributed by atoms with van der Waals surface area (Å²) in [6.07, 6.45) is -0.374. The first-order valence-corrected chi connectivity index (χ1v) is 10.2. The minimum absolute atomic E-state index is 0.0998. The lowest BCUT2D eigenvalue weighted by atomic mass is 10.2. The molecule has 2 atom stereocenters. The van der Waals surface area contributed by atoms with Gasteiger partial charge in [-0.25, -0.2) is 13.2 Å². The maximum absolute atomic E-state index is 12.9. The van der Waals surface area contributed by atoms with Gasteiger partial charge in [0, 0.05) is 13.1 Å². The summed E-state index contributed by atoms with van der Waals surface area (Å²) >= 11 is 0. The number of esters is 1. The fourth-order valence-electron chi connectivity index (χ4n) is 3.05. The van der Waals surface area contributed by atoms with Gasteiger partial charge in [0.2, 0.25) is 10.0 Å². The van der Waals surface area contributed by atoms with Gasteiger partial charge in [-0.05, 0) is 50.2 Å². The third-order valence-corrected chi connectivity index (χ3v) is 6.17. The van der Waals surface area contributed by atoms with Crippen LogP contribution in [0.1, 0.15) is 29.8 Å². The lowest BCUT2D eigenvalue weighted by molar-refractivity contribution is -0.0440. The summed E-state index contributed by atoms with van der Waals surface area (Å²) in [4.78, 5) is 12.4. The van der Waals surface area contributed by atoms with Crippen LogP contribution in [0.4, 0.5) is 0 Å². The molecule has 1 aliphatic rings. The summed E-state index contributed by atoms with van der Waals surface area (Å²) in [5.41, 5.74) is 0.431. The number of nitriles is 1. The van der Waals surface area contributed by atoms with Gasteiger partial charge >= 0.3 is 5.97 Å². The molecule has 1 saturated heterocycles. The number of nitrogens with zero attached hydrogens (tertiary/aromatic N) is 2. The summed E-state index contributed by atoms with van der Waals surface area (Å²) in [5, 5.41) is 9.07. The monoisotopic (exact) mass is 400 g/mol. The van der Waals surface area contributed by atoms with Crippen molar-refractivity contribution < 1.29 is 22.7 Å². The Kier molecular flexibility index (Phi) is 5.79. The molecule has 2 aromatic carbocycles. The number of morpholine rings is 1. The number of para-hydroxylation sites is 1. The van der Waals surface area contributed by atoms with E-state index in [0.29, 0.717) is 0 Å². The fourth-order valence-corrected chi connectivity index (χ4v) is 4.64. The molecule has 0 aromatic heterocycles. The Balaban J connectivity index is 1.77. The number of carbonyl (C=O) groups is 1. The largest absolute Gasteiger partial charge is 0.422 e. The Morgan fingerprint density at radius 3 is 2.32 bits per heavy atom. The van der Waals surface area contributed by atoms with Crippen molar-refractivity contribution in [3.63, 3.8) is 0 Å². The van der Waals surface area contributed by atoms with Crippen molar-refractivity contribution in [3.05, 3.63) is 59.7 Å². The summed E-state index contributed by atoms with van der Waals surface area (Å²) in [5.74, 6) is -0.511. The first-order chi connectivity index (χ1) is 13.3. The standard InChI is InChI=1S/C20H20N2O5S/c1-14-12-22(13-15(2)26-14)28(24,25)18-9-7-16(8-10-18)20(23)27-19-6-4-3-5-17(19)11-21/h3-10,14-15H,12-13H2,1-2H3/t14-,15+. The van der Waals surface area contributed by atoms with Gasteiger partial charge in [-0.2, -0.15) is 9.57 Å². The number of benzene rings is 2. The maximum atomic E-state index is 12.9. The zero-order valence-corrected chi connectivity index (χ0v) is 16.3. The zero-order valence-electron chi connectivity index (χ0n) is 15.5. The smallest absolute Gasteiger partial charge is 0.343 e. The molecule has 0 aliphatic carbocycles. The van der Waals surface area contributed by atoms with E-state index >= 15 is 0 Å². The van der Waals surface area contributed by atoms with Crippen molar-refractivity contribution in [2.75, 3.05) is 13.1 Å². The summed E-state index contributed by atoms with van der Waals surface area (Å²) in [6, 6.07) is 13.9. The zero-order chi connectivity index (χ0) is 20.3. The van der Waals surface area contributed by atoms with Gasteiger partial charge in [0.25, 0.3) is 0 Å². The second-order valence-electron chi connectivity index (χ2n) is 6.60. The highest BCUT2D eigenvalue weighted by Gasteiger charge is 2.32. The van der Waals surface area contributed by atoms with Crippen molar-refractivity contribution in [2.24, 2.45) is 0 Å². The average molecular weight is 400 g/mol. The molecule has 7 nitrogen and oxygen atoms in total. The Hall–Kier alpha value is -2.73. The Morgan fingerprint density at radius 1 is 1.11 bits per heavy atom. The van der Waals surface area contributed by atoms with Gasteiger partial charge in [0.1, 0.15) is 11.8 Å². The van der Waals surface area contributed by atoms with Gasteiger partial charge in [-0.3, -0.25) is 0 Å². The predicted molar refractivity (Wildman–Crippen MR) is 101 cm³/mol. The van der Waals surface area contributed by atoms with E-state index < -0.39 is 16.0 Å². The van der Waals surface area contributed by atoms with Gasteiger partial charge in [-0.15, -0.1) is 0 Å². The molecule has 3 rings (SSSR count). The van der Waals surface area contributed by atoms with E-state index in [1.807, 2.05) is 19.9 Å². The molecule has 0 N–H and O–H groups in total. The summed E-state index contributed by atoms with van der Waals surface area (Å²) in [7, 11) is -3.68. The third-order valence-electron chi connectivity index (χ3n) is 4.32. The lowest BCUT2D eigenvalue weighted by Crippen LogP contribution is -2.48. The molecule has 0 amide bonds. The molecule has 0 spiro atoms. The van der Waals surface area contributed by atoms with E-state index in [1.165, 1.54) is 34.6 Å². The molecule has 1 heterocycles. The van der Waals surface area contributed by atoms with Gasteiger partial charge in [0.05, 0.1) is 28.2 Å². The first-order valence-electron chi connectivity index (χ1n) is 8.78. The lowest BCUT2D eigenvalue weighted by Gasteiger charge is -2.34. The molecule has 8 heteroatoms. The van der Waals surface area contributed by atoms with Gasteiger partial charge in [0.15, 0.2) is 0 Å². The van der Waals surface area contributed by atoms with Crippen molar-refractivity contribution >= 4 is 16.0 Å². The molecule has 1 fully saturated rings. The molecule has 0 unspecified atom stereocenters. The van der Waals surface area contributed by atoms with Crippen molar-refractivity contribution in [1.29, 1.82) is 5.26 Å². The SMILES string of the molecule is C[C@@H]1CN(S(=O)(=O)c2ccc(C(=O)Oc3ccccc3C#N)cc2)C[C@H](C)O1.